The van der Waals surface area contributed by atoms with Crippen LogP contribution in [0.3, 0.4) is 0 Å². The quantitative estimate of drug-likeness (QED) is 0.557. The van der Waals surface area contributed by atoms with Gasteiger partial charge in [0.1, 0.15) is 6.04 Å². The Kier molecular flexibility index (Phi) is 7.52. The number of hydrogen-bond donors (Lipinski definition) is 1. The Morgan fingerprint density at radius 3 is 2.64 bits per heavy atom. The van der Waals surface area contributed by atoms with Gasteiger partial charge in [-0.1, -0.05) is 29.8 Å². The van der Waals surface area contributed by atoms with Gasteiger partial charge in [-0.3, -0.25) is 9.69 Å². The van der Waals surface area contributed by atoms with Crippen LogP contribution in [-0.2, 0) is 17.9 Å². The number of rotatable bonds is 6. The van der Waals surface area contributed by atoms with Crippen molar-refractivity contribution in [1.82, 2.24) is 24.7 Å². The number of nitrogens with zero attached hydrogens (tertiary/aromatic N) is 6. The molecule has 2 fully saturated rings. The number of amides is 1. The third-order valence-corrected chi connectivity index (χ3v) is 7.17. The normalized spacial score (nSPS) is 18.7. The van der Waals surface area contributed by atoms with E-state index >= 15 is 0 Å². The van der Waals surface area contributed by atoms with E-state index in [-0.39, 0.29) is 11.9 Å². The first kappa shape index (κ1) is 24.3. The molecule has 3 aromatic rings. The molecule has 5 rings (SSSR count). The summed E-state index contributed by atoms with van der Waals surface area (Å²) in [4.78, 5) is 24.6. The van der Waals surface area contributed by atoms with Crippen molar-refractivity contribution in [2.24, 2.45) is 0 Å². The van der Waals surface area contributed by atoms with Crippen molar-refractivity contribution >= 4 is 23.2 Å². The van der Waals surface area contributed by atoms with Gasteiger partial charge in [-0.05, 0) is 35.9 Å². The number of anilines is 1. The van der Waals surface area contributed by atoms with Gasteiger partial charge in [0.05, 0.1) is 23.7 Å². The van der Waals surface area contributed by atoms with Crippen LogP contribution in [0.1, 0.15) is 16.8 Å². The van der Waals surface area contributed by atoms with E-state index < -0.39 is 0 Å². The Morgan fingerprint density at radius 1 is 1.08 bits per heavy atom. The van der Waals surface area contributed by atoms with Gasteiger partial charge in [0.25, 0.3) is 0 Å². The summed E-state index contributed by atoms with van der Waals surface area (Å²) in [5.41, 5.74) is 3.86. The van der Waals surface area contributed by atoms with Gasteiger partial charge in [0.2, 0.25) is 5.91 Å². The van der Waals surface area contributed by atoms with Gasteiger partial charge >= 0.3 is 0 Å². The first-order valence-corrected chi connectivity index (χ1v) is 12.7. The standard InChI is InChI=1S/C27H30ClN7O/c28-23-2-1-3-24(14-23)35-13-12-32(19-26(35)27(36)33-10-8-30-9-11-33)18-25-16-31-20-34(25)17-22-6-4-21(15-29)5-7-22/h1-7,14,16,20,26,30H,8-13,17-19H2. The maximum absolute atomic E-state index is 13.7. The number of carbonyl (C=O) groups is 1. The van der Waals surface area contributed by atoms with Crippen LogP contribution in [0.25, 0.3) is 0 Å². The molecule has 0 radical (unpaired) electrons. The van der Waals surface area contributed by atoms with E-state index in [0.29, 0.717) is 30.2 Å². The van der Waals surface area contributed by atoms with Crippen LogP contribution in [0.4, 0.5) is 5.69 Å². The lowest BCUT2D eigenvalue weighted by molar-refractivity contribution is -0.134. The predicted molar refractivity (Wildman–Crippen MR) is 140 cm³/mol. The van der Waals surface area contributed by atoms with Gasteiger partial charge < -0.3 is 19.7 Å². The molecule has 0 bridgehead atoms. The van der Waals surface area contributed by atoms with Crippen LogP contribution >= 0.6 is 11.6 Å². The lowest BCUT2D eigenvalue weighted by Crippen LogP contribution is -2.61. The van der Waals surface area contributed by atoms with Gasteiger partial charge in [-0.2, -0.15) is 5.26 Å². The number of nitrogens with one attached hydrogen (secondary N) is 1. The lowest BCUT2D eigenvalue weighted by atomic mass is 10.1. The minimum Gasteiger partial charge on any atom is -0.357 e. The van der Waals surface area contributed by atoms with E-state index in [1.165, 1.54) is 0 Å². The smallest absolute Gasteiger partial charge is 0.246 e. The zero-order valence-corrected chi connectivity index (χ0v) is 20.9. The highest BCUT2D eigenvalue weighted by molar-refractivity contribution is 6.30. The molecule has 186 valence electrons. The second kappa shape index (κ2) is 11.1. The van der Waals surface area contributed by atoms with Crippen molar-refractivity contribution < 1.29 is 4.79 Å². The van der Waals surface area contributed by atoms with E-state index in [4.69, 9.17) is 16.9 Å². The van der Waals surface area contributed by atoms with Crippen LogP contribution < -0.4 is 10.2 Å². The van der Waals surface area contributed by atoms with Crippen LogP contribution in [-0.4, -0.2) is 77.1 Å². The summed E-state index contributed by atoms with van der Waals surface area (Å²) < 4.78 is 2.14. The van der Waals surface area contributed by atoms with Crippen molar-refractivity contribution in [2.45, 2.75) is 19.1 Å². The van der Waals surface area contributed by atoms with Crippen LogP contribution in [0.5, 0.6) is 0 Å². The van der Waals surface area contributed by atoms with E-state index in [1.54, 1.807) is 0 Å². The molecule has 1 amide bonds. The molecule has 36 heavy (non-hydrogen) atoms. The summed E-state index contributed by atoms with van der Waals surface area (Å²) in [5.74, 6) is 0.173. The number of nitriles is 1. The van der Waals surface area contributed by atoms with Crippen LogP contribution in [0, 0.1) is 11.3 Å². The number of benzene rings is 2. The minimum atomic E-state index is -0.273. The Balaban J connectivity index is 1.32. The molecule has 0 aliphatic carbocycles. The second-order valence-electron chi connectivity index (χ2n) is 9.32. The topological polar surface area (TPSA) is 80.4 Å². The zero-order chi connectivity index (χ0) is 24.9. The molecule has 0 spiro atoms. The fraction of sp³-hybridized carbons (Fsp3) is 0.370. The number of aromatic nitrogens is 2. The Hall–Kier alpha value is -3.38. The van der Waals surface area contributed by atoms with E-state index in [0.717, 1.165) is 56.2 Å². The zero-order valence-electron chi connectivity index (χ0n) is 20.2. The second-order valence-corrected chi connectivity index (χ2v) is 9.76. The Morgan fingerprint density at radius 2 is 1.89 bits per heavy atom. The first-order valence-electron chi connectivity index (χ1n) is 12.3. The highest BCUT2D eigenvalue weighted by Crippen LogP contribution is 2.26. The third kappa shape index (κ3) is 5.54. The van der Waals surface area contributed by atoms with Crippen molar-refractivity contribution in [1.29, 1.82) is 5.26 Å². The fourth-order valence-electron chi connectivity index (χ4n) is 4.99. The summed E-state index contributed by atoms with van der Waals surface area (Å²) >= 11 is 6.30. The molecule has 1 unspecified atom stereocenters. The summed E-state index contributed by atoms with van der Waals surface area (Å²) in [6.07, 6.45) is 3.75. The molecular weight excluding hydrogens is 474 g/mol. The number of piperazine rings is 2. The van der Waals surface area contributed by atoms with Gasteiger partial charge in [0, 0.05) is 75.8 Å². The molecular formula is C27H30ClN7O. The molecule has 1 atom stereocenters. The third-order valence-electron chi connectivity index (χ3n) is 6.94. The van der Waals surface area contributed by atoms with Crippen LogP contribution in [0.2, 0.25) is 5.02 Å². The molecule has 2 aliphatic rings. The SMILES string of the molecule is N#Cc1ccc(Cn2cncc2CN2CCN(c3cccc(Cl)c3)C(C(=O)N3CCNCC3)C2)cc1. The first-order chi connectivity index (χ1) is 17.6. The number of carbonyl (C=O) groups excluding carboxylic acids is 1. The Labute approximate surface area is 216 Å². The summed E-state index contributed by atoms with van der Waals surface area (Å²) in [5, 5.41) is 13.1. The molecule has 2 aliphatic heterocycles. The van der Waals surface area contributed by atoms with Gasteiger partial charge in [-0.15, -0.1) is 0 Å². The molecule has 1 aromatic heterocycles. The van der Waals surface area contributed by atoms with Crippen molar-refractivity contribution in [3.05, 3.63) is 82.9 Å². The Bertz CT molecular complexity index is 1230. The maximum atomic E-state index is 13.7. The van der Waals surface area contributed by atoms with E-state index in [9.17, 15) is 4.79 Å². The molecule has 0 saturated carbocycles. The lowest BCUT2D eigenvalue weighted by Gasteiger charge is -2.44. The average molecular weight is 504 g/mol. The molecule has 3 heterocycles. The number of imidazole rings is 1. The molecule has 8 nitrogen and oxygen atoms in total. The largest absolute Gasteiger partial charge is 0.357 e. The molecule has 1 N–H and O–H groups in total. The van der Waals surface area contributed by atoms with Gasteiger partial charge in [0.15, 0.2) is 0 Å². The summed E-state index contributed by atoms with van der Waals surface area (Å²) in [6, 6.07) is 17.3. The van der Waals surface area contributed by atoms with E-state index in [2.05, 4.69) is 30.7 Å². The highest BCUT2D eigenvalue weighted by Gasteiger charge is 2.36. The number of hydrogen-bond acceptors (Lipinski definition) is 6. The van der Waals surface area contributed by atoms with Crippen molar-refractivity contribution in [3.8, 4) is 6.07 Å². The summed E-state index contributed by atoms with van der Waals surface area (Å²) in [6.45, 7) is 6.73. The molecule has 9 heteroatoms. The summed E-state index contributed by atoms with van der Waals surface area (Å²) in [7, 11) is 0. The van der Waals surface area contributed by atoms with E-state index in [1.807, 2.05) is 66.0 Å². The number of halogens is 1. The van der Waals surface area contributed by atoms with Gasteiger partial charge in [-0.25, -0.2) is 4.98 Å². The molecule has 2 aromatic carbocycles. The molecule has 2 saturated heterocycles. The maximum Gasteiger partial charge on any atom is 0.246 e. The van der Waals surface area contributed by atoms with Crippen molar-refractivity contribution in [3.63, 3.8) is 0 Å². The average Bonchev–Trinajstić information content (AvgIpc) is 3.35. The highest BCUT2D eigenvalue weighted by atomic mass is 35.5. The minimum absolute atomic E-state index is 0.173. The monoisotopic (exact) mass is 503 g/mol. The fourth-order valence-corrected chi connectivity index (χ4v) is 5.17. The van der Waals surface area contributed by atoms with Crippen LogP contribution in [0.15, 0.2) is 61.1 Å². The predicted octanol–water partition coefficient (Wildman–Crippen LogP) is 2.58. The van der Waals surface area contributed by atoms with Crippen molar-refractivity contribution in [2.75, 3.05) is 50.7 Å².